The van der Waals surface area contributed by atoms with Gasteiger partial charge in [0.05, 0.1) is 19.2 Å². The molecule has 70 valence electrons. The van der Waals surface area contributed by atoms with Gasteiger partial charge in [0.2, 0.25) is 5.88 Å². The van der Waals surface area contributed by atoms with Gasteiger partial charge in [-0.2, -0.15) is 0 Å². The van der Waals surface area contributed by atoms with Gasteiger partial charge in [0, 0.05) is 6.20 Å². The molecule has 0 aromatic carbocycles. The lowest BCUT2D eigenvalue weighted by molar-refractivity contribution is 0.0990. The second-order valence-corrected chi connectivity index (χ2v) is 2.51. The third-order valence-electron chi connectivity index (χ3n) is 1.60. The van der Waals surface area contributed by atoms with Gasteiger partial charge in [-0.25, -0.2) is 4.98 Å². The van der Waals surface area contributed by atoms with Crippen LogP contribution in [0.3, 0.4) is 0 Å². The number of pyridine rings is 1. The van der Waals surface area contributed by atoms with Crippen molar-refractivity contribution >= 4 is 5.78 Å². The zero-order valence-corrected chi connectivity index (χ0v) is 7.70. The molecule has 13 heavy (non-hydrogen) atoms. The summed E-state index contributed by atoms with van der Waals surface area (Å²) in [6, 6.07) is 3.41. The van der Waals surface area contributed by atoms with Crippen LogP contribution in [-0.2, 0) is 0 Å². The standard InChI is InChI=1S/C9H12N2O2/c1-10-6-8(12)7-4-3-5-11-9(7)13-2/h3-5,10H,6H2,1-2H3. The molecule has 0 bridgehead atoms. The van der Waals surface area contributed by atoms with Crippen LogP contribution in [0, 0.1) is 0 Å². The van der Waals surface area contributed by atoms with Crippen LogP contribution in [0.4, 0.5) is 0 Å². The molecule has 1 aromatic heterocycles. The van der Waals surface area contributed by atoms with Crippen molar-refractivity contribution in [2.24, 2.45) is 0 Å². The van der Waals surface area contributed by atoms with Crippen molar-refractivity contribution in [3.8, 4) is 5.88 Å². The number of hydrogen-bond donors (Lipinski definition) is 1. The Kier molecular flexibility index (Phi) is 3.40. The lowest BCUT2D eigenvalue weighted by Crippen LogP contribution is -2.19. The predicted octanol–water partition coefficient (Wildman–Crippen LogP) is 0.492. The molecule has 0 fully saturated rings. The molecule has 0 aliphatic heterocycles. The van der Waals surface area contributed by atoms with E-state index in [2.05, 4.69) is 10.3 Å². The monoisotopic (exact) mass is 180 g/mol. The molecule has 4 nitrogen and oxygen atoms in total. The molecule has 0 aliphatic rings. The topological polar surface area (TPSA) is 51.2 Å². The number of nitrogens with one attached hydrogen (secondary N) is 1. The molecule has 0 saturated heterocycles. The number of nitrogens with zero attached hydrogens (tertiary/aromatic N) is 1. The Balaban J connectivity index is 2.92. The number of Topliss-reactive ketones (excluding diaryl/α,β-unsaturated/α-hetero) is 1. The van der Waals surface area contributed by atoms with Gasteiger partial charge >= 0.3 is 0 Å². The Morgan fingerprint density at radius 3 is 3.08 bits per heavy atom. The Hall–Kier alpha value is -1.42. The summed E-state index contributed by atoms with van der Waals surface area (Å²) in [6.45, 7) is 0.294. The largest absolute Gasteiger partial charge is 0.480 e. The van der Waals surface area contributed by atoms with E-state index in [9.17, 15) is 4.79 Å². The zero-order valence-electron chi connectivity index (χ0n) is 7.70. The van der Waals surface area contributed by atoms with E-state index in [-0.39, 0.29) is 5.78 Å². The molecular formula is C9H12N2O2. The number of methoxy groups -OCH3 is 1. The van der Waals surface area contributed by atoms with E-state index in [0.29, 0.717) is 18.0 Å². The van der Waals surface area contributed by atoms with Gasteiger partial charge in [-0.05, 0) is 19.2 Å². The molecular weight excluding hydrogens is 168 g/mol. The Morgan fingerprint density at radius 1 is 1.69 bits per heavy atom. The molecule has 0 unspecified atom stereocenters. The Morgan fingerprint density at radius 2 is 2.46 bits per heavy atom. The van der Waals surface area contributed by atoms with Gasteiger partial charge in [0.1, 0.15) is 0 Å². The molecule has 1 aromatic rings. The van der Waals surface area contributed by atoms with E-state index in [0.717, 1.165) is 0 Å². The number of hydrogen-bond acceptors (Lipinski definition) is 4. The minimum atomic E-state index is -0.0209. The van der Waals surface area contributed by atoms with Gasteiger partial charge in [-0.3, -0.25) is 4.79 Å². The number of ketones is 1. The first-order chi connectivity index (χ1) is 6.29. The van der Waals surface area contributed by atoms with Crippen molar-refractivity contribution in [2.75, 3.05) is 20.7 Å². The van der Waals surface area contributed by atoms with E-state index >= 15 is 0 Å². The van der Waals surface area contributed by atoms with Crippen LogP contribution < -0.4 is 10.1 Å². The van der Waals surface area contributed by atoms with E-state index in [4.69, 9.17) is 4.74 Å². The van der Waals surface area contributed by atoms with Crippen molar-refractivity contribution in [1.29, 1.82) is 0 Å². The number of rotatable bonds is 4. The van der Waals surface area contributed by atoms with E-state index in [1.54, 1.807) is 25.4 Å². The molecule has 4 heteroatoms. The minimum absolute atomic E-state index is 0.0209. The number of likely N-dealkylation sites (N-methyl/N-ethyl adjacent to an activating group) is 1. The normalized spacial score (nSPS) is 9.69. The van der Waals surface area contributed by atoms with Crippen LogP contribution in [0.2, 0.25) is 0 Å². The summed E-state index contributed by atoms with van der Waals surface area (Å²) in [7, 11) is 3.22. The molecule has 0 atom stereocenters. The van der Waals surface area contributed by atoms with Crippen molar-refractivity contribution < 1.29 is 9.53 Å². The van der Waals surface area contributed by atoms with Crippen LogP contribution >= 0.6 is 0 Å². The van der Waals surface area contributed by atoms with E-state index < -0.39 is 0 Å². The number of carbonyl (C=O) groups excluding carboxylic acids is 1. The van der Waals surface area contributed by atoms with Gasteiger partial charge < -0.3 is 10.1 Å². The fourth-order valence-corrected chi connectivity index (χ4v) is 1.02. The van der Waals surface area contributed by atoms with Crippen molar-refractivity contribution in [3.05, 3.63) is 23.9 Å². The fraction of sp³-hybridized carbons (Fsp3) is 0.333. The van der Waals surface area contributed by atoms with Gasteiger partial charge in [0.25, 0.3) is 0 Å². The summed E-state index contributed by atoms with van der Waals surface area (Å²) in [4.78, 5) is 15.4. The molecule has 0 radical (unpaired) electrons. The first-order valence-corrected chi connectivity index (χ1v) is 3.96. The fourth-order valence-electron chi connectivity index (χ4n) is 1.02. The summed E-state index contributed by atoms with van der Waals surface area (Å²) in [5.41, 5.74) is 0.513. The molecule has 1 heterocycles. The van der Waals surface area contributed by atoms with E-state index in [1.165, 1.54) is 7.11 Å². The zero-order chi connectivity index (χ0) is 9.68. The van der Waals surface area contributed by atoms with Crippen LogP contribution in [-0.4, -0.2) is 31.5 Å². The average molecular weight is 180 g/mol. The van der Waals surface area contributed by atoms with E-state index in [1.807, 2.05) is 0 Å². The van der Waals surface area contributed by atoms with Crippen LogP contribution in [0.15, 0.2) is 18.3 Å². The van der Waals surface area contributed by atoms with Crippen molar-refractivity contribution in [2.45, 2.75) is 0 Å². The van der Waals surface area contributed by atoms with Gasteiger partial charge in [-0.15, -0.1) is 0 Å². The molecule has 0 amide bonds. The lowest BCUT2D eigenvalue weighted by atomic mass is 10.2. The average Bonchev–Trinajstić information content (AvgIpc) is 2.18. The molecule has 0 aliphatic carbocycles. The maximum atomic E-state index is 11.4. The molecule has 1 N–H and O–H groups in total. The highest BCUT2D eigenvalue weighted by molar-refractivity contribution is 5.99. The van der Waals surface area contributed by atoms with Crippen LogP contribution in [0.25, 0.3) is 0 Å². The summed E-state index contributed by atoms with van der Waals surface area (Å²) in [5, 5.41) is 2.78. The van der Waals surface area contributed by atoms with Crippen molar-refractivity contribution in [3.63, 3.8) is 0 Å². The van der Waals surface area contributed by atoms with Crippen molar-refractivity contribution in [1.82, 2.24) is 10.3 Å². The highest BCUT2D eigenvalue weighted by Crippen LogP contribution is 2.13. The van der Waals surface area contributed by atoms with Crippen LogP contribution in [0.1, 0.15) is 10.4 Å². The second kappa shape index (κ2) is 4.57. The SMILES string of the molecule is CNCC(=O)c1cccnc1OC. The predicted molar refractivity (Wildman–Crippen MR) is 49.0 cm³/mol. The lowest BCUT2D eigenvalue weighted by Gasteiger charge is -2.04. The van der Waals surface area contributed by atoms with Crippen LogP contribution in [0.5, 0.6) is 5.88 Å². The quantitative estimate of drug-likeness (QED) is 0.685. The second-order valence-electron chi connectivity index (χ2n) is 2.51. The maximum absolute atomic E-state index is 11.4. The maximum Gasteiger partial charge on any atom is 0.224 e. The highest BCUT2D eigenvalue weighted by atomic mass is 16.5. The number of ether oxygens (including phenoxy) is 1. The minimum Gasteiger partial charge on any atom is -0.480 e. The number of carbonyl (C=O) groups is 1. The Labute approximate surface area is 76.9 Å². The van der Waals surface area contributed by atoms with Gasteiger partial charge in [-0.1, -0.05) is 0 Å². The van der Waals surface area contributed by atoms with Gasteiger partial charge in [0.15, 0.2) is 5.78 Å². The smallest absolute Gasteiger partial charge is 0.224 e. The first-order valence-electron chi connectivity index (χ1n) is 3.96. The molecule has 0 spiro atoms. The number of aromatic nitrogens is 1. The Bertz CT molecular complexity index is 299. The summed E-state index contributed by atoms with van der Waals surface area (Å²) in [5.74, 6) is 0.357. The highest BCUT2D eigenvalue weighted by Gasteiger charge is 2.10. The third-order valence-corrected chi connectivity index (χ3v) is 1.60. The third kappa shape index (κ3) is 2.26. The molecule has 1 rings (SSSR count). The summed E-state index contributed by atoms with van der Waals surface area (Å²) in [6.07, 6.45) is 1.59. The summed E-state index contributed by atoms with van der Waals surface area (Å²) >= 11 is 0. The first kappa shape index (κ1) is 9.67. The molecule has 0 saturated carbocycles. The summed E-state index contributed by atoms with van der Waals surface area (Å²) < 4.78 is 4.95.